The summed E-state index contributed by atoms with van der Waals surface area (Å²) in [7, 11) is 0. The van der Waals surface area contributed by atoms with Crippen LogP contribution in [0.5, 0.6) is 0 Å². The standard InChI is InChI=1S/C17H17N5OS/c1-12-2-5-16(20-19-12)21-6-8-22(9-7-21)17(23)13-3-4-14-15(10-13)24-11-18-14/h2-5,10-11H,6-9H2,1H3. The predicted octanol–water partition coefficient (Wildman–Crippen LogP) is 2.36. The summed E-state index contributed by atoms with van der Waals surface area (Å²) in [4.78, 5) is 21.0. The van der Waals surface area contributed by atoms with Gasteiger partial charge in [-0.15, -0.1) is 16.4 Å². The second-order valence-electron chi connectivity index (χ2n) is 5.85. The fraction of sp³-hybridized carbons (Fsp3) is 0.294. The third-order valence-electron chi connectivity index (χ3n) is 4.25. The zero-order valence-corrected chi connectivity index (χ0v) is 14.2. The Labute approximate surface area is 143 Å². The maximum Gasteiger partial charge on any atom is 0.254 e. The van der Waals surface area contributed by atoms with Crippen LogP contribution in [-0.2, 0) is 0 Å². The van der Waals surface area contributed by atoms with Gasteiger partial charge in [-0.1, -0.05) is 0 Å². The van der Waals surface area contributed by atoms with E-state index in [4.69, 9.17) is 0 Å². The molecule has 0 spiro atoms. The number of carbonyl (C=O) groups is 1. The second-order valence-corrected chi connectivity index (χ2v) is 6.73. The number of fused-ring (bicyclic) bond motifs is 1. The van der Waals surface area contributed by atoms with E-state index >= 15 is 0 Å². The van der Waals surface area contributed by atoms with E-state index < -0.39 is 0 Å². The van der Waals surface area contributed by atoms with Crippen molar-refractivity contribution in [3.63, 3.8) is 0 Å². The van der Waals surface area contributed by atoms with E-state index in [-0.39, 0.29) is 5.91 Å². The summed E-state index contributed by atoms with van der Waals surface area (Å²) in [5.41, 5.74) is 4.39. The van der Waals surface area contributed by atoms with Crippen molar-refractivity contribution in [1.82, 2.24) is 20.1 Å². The average molecular weight is 339 g/mol. The number of hydrogen-bond acceptors (Lipinski definition) is 6. The van der Waals surface area contributed by atoms with Gasteiger partial charge in [0.1, 0.15) is 0 Å². The number of anilines is 1. The number of aryl methyl sites for hydroxylation is 1. The first kappa shape index (κ1) is 15.0. The molecule has 0 radical (unpaired) electrons. The van der Waals surface area contributed by atoms with Crippen LogP contribution in [0.15, 0.2) is 35.8 Å². The molecule has 0 aliphatic carbocycles. The zero-order chi connectivity index (χ0) is 16.5. The molecule has 0 unspecified atom stereocenters. The fourth-order valence-corrected chi connectivity index (χ4v) is 3.59. The van der Waals surface area contributed by atoms with Crippen LogP contribution in [0.2, 0.25) is 0 Å². The zero-order valence-electron chi connectivity index (χ0n) is 13.3. The van der Waals surface area contributed by atoms with E-state index in [1.165, 1.54) is 0 Å². The van der Waals surface area contributed by atoms with E-state index in [2.05, 4.69) is 20.1 Å². The Morgan fingerprint density at radius 1 is 1.08 bits per heavy atom. The lowest BCUT2D eigenvalue weighted by atomic mass is 10.1. The molecule has 1 aromatic carbocycles. The first-order chi connectivity index (χ1) is 11.7. The topological polar surface area (TPSA) is 62.2 Å². The van der Waals surface area contributed by atoms with Crippen molar-refractivity contribution >= 4 is 33.3 Å². The van der Waals surface area contributed by atoms with Crippen molar-refractivity contribution in [2.75, 3.05) is 31.1 Å². The molecule has 3 heterocycles. The van der Waals surface area contributed by atoms with Crippen molar-refractivity contribution in [3.05, 3.63) is 47.1 Å². The van der Waals surface area contributed by atoms with Crippen LogP contribution < -0.4 is 4.90 Å². The first-order valence-electron chi connectivity index (χ1n) is 7.88. The molecule has 1 saturated heterocycles. The van der Waals surface area contributed by atoms with Crippen LogP contribution in [0, 0.1) is 6.92 Å². The summed E-state index contributed by atoms with van der Waals surface area (Å²) in [6, 6.07) is 9.66. The molecule has 1 aliphatic rings. The number of thiazole rings is 1. The van der Waals surface area contributed by atoms with Crippen molar-refractivity contribution in [2.24, 2.45) is 0 Å². The van der Waals surface area contributed by atoms with Crippen LogP contribution in [0.3, 0.4) is 0 Å². The summed E-state index contributed by atoms with van der Waals surface area (Å²) in [5.74, 6) is 0.957. The molecule has 122 valence electrons. The minimum atomic E-state index is 0.0833. The molecule has 1 aliphatic heterocycles. The van der Waals surface area contributed by atoms with Gasteiger partial charge >= 0.3 is 0 Å². The Balaban J connectivity index is 1.44. The Morgan fingerprint density at radius 3 is 2.67 bits per heavy atom. The molecule has 4 rings (SSSR count). The highest BCUT2D eigenvalue weighted by molar-refractivity contribution is 7.16. The second kappa shape index (κ2) is 6.16. The monoisotopic (exact) mass is 339 g/mol. The van der Waals surface area contributed by atoms with Gasteiger partial charge in [0.25, 0.3) is 5.91 Å². The smallest absolute Gasteiger partial charge is 0.254 e. The van der Waals surface area contributed by atoms with Gasteiger partial charge in [0.05, 0.1) is 21.4 Å². The summed E-state index contributed by atoms with van der Waals surface area (Å²) in [6.07, 6.45) is 0. The number of piperazine rings is 1. The van der Waals surface area contributed by atoms with Gasteiger partial charge in [-0.2, -0.15) is 5.10 Å². The molecule has 1 fully saturated rings. The fourth-order valence-electron chi connectivity index (χ4n) is 2.87. The maximum absolute atomic E-state index is 12.7. The van der Waals surface area contributed by atoms with E-state index in [1.54, 1.807) is 16.8 Å². The number of amides is 1. The molecule has 0 atom stereocenters. The highest BCUT2D eigenvalue weighted by Gasteiger charge is 2.23. The summed E-state index contributed by atoms with van der Waals surface area (Å²) in [6.45, 7) is 4.84. The Bertz CT molecular complexity index is 868. The van der Waals surface area contributed by atoms with Crippen molar-refractivity contribution < 1.29 is 4.79 Å². The Hall–Kier alpha value is -2.54. The highest BCUT2D eigenvalue weighted by Crippen LogP contribution is 2.21. The number of carbonyl (C=O) groups excluding carboxylic acids is 1. The third-order valence-corrected chi connectivity index (χ3v) is 5.04. The number of hydrogen-bond donors (Lipinski definition) is 0. The van der Waals surface area contributed by atoms with Crippen molar-refractivity contribution in [1.29, 1.82) is 0 Å². The molecule has 3 aromatic rings. The number of benzene rings is 1. The van der Waals surface area contributed by atoms with Gasteiger partial charge in [0.2, 0.25) is 0 Å². The molecular formula is C17H17N5OS. The molecular weight excluding hydrogens is 322 g/mol. The molecule has 24 heavy (non-hydrogen) atoms. The van der Waals surface area contributed by atoms with Gasteiger partial charge < -0.3 is 9.80 Å². The van der Waals surface area contributed by atoms with Gasteiger partial charge in [0, 0.05) is 31.7 Å². The van der Waals surface area contributed by atoms with Crippen molar-refractivity contribution in [3.8, 4) is 0 Å². The number of rotatable bonds is 2. The van der Waals surface area contributed by atoms with Crippen LogP contribution in [0.1, 0.15) is 16.1 Å². The first-order valence-corrected chi connectivity index (χ1v) is 8.76. The van der Waals surface area contributed by atoms with Crippen molar-refractivity contribution in [2.45, 2.75) is 6.92 Å². The molecule has 0 N–H and O–H groups in total. The lowest BCUT2D eigenvalue weighted by molar-refractivity contribution is 0.0746. The third kappa shape index (κ3) is 2.82. The lowest BCUT2D eigenvalue weighted by Crippen LogP contribution is -2.49. The van der Waals surface area contributed by atoms with Gasteiger partial charge in [-0.25, -0.2) is 4.98 Å². The van der Waals surface area contributed by atoms with Gasteiger partial charge in [-0.05, 0) is 37.3 Å². The minimum Gasteiger partial charge on any atom is -0.352 e. The molecule has 6 nitrogen and oxygen atoms in total. The van der Waals surface area contributed by atoms with Crippen LogP contribution in [0.25, 0.3) is 10.2 Å². The molecule has 2 aromatic heterocycles. The quantitative estimate of drug-likeness (QED) is 0.717. The largest absolute Gasteiger partial charge is 0.352 e. The Morgan fingerprint density at radius 2 is 1.92 bits per heavy atom. The van der Waals surface area contributed by atoms with Crippen LogP contribution in [0.4, 0.5) is 5.82 Å². The van der Waals surface area contributed by atoms with E-state index in [0.717, 1.165) is 40.4 Å². The SMILES string of the molecule is Cc1ccc(N2CCN(C(=O)c3ccc4ncsc4c3)CC2)nn1. The van der Waals surface area contributed by atoms with Gasteiger partial charge in [-0.3, -0.25) is 4.79 Å². The highest BCUT2D eigenvalue weighted by atomic mass is 32.1. The Kier molecular flexibility index (Phi) is 3.86. The molecule has 1 amide bonds. The maximum atomic E-state index is 12.7. The summed E-state index contributed by atoms with van der Waals surface area (Å²) < 4.78 is 1.05. The predicted molar refractivity (Wildman–Crippen MR) is 94.5 cm³/mol. The summed E-state index contributed by atoms with van der Waals surface area (Å²) >= 11 is 1.56. The average Bonchev–Trinajstić information content (AvgIpc) is 3.09. The lowest BCUT2D eigenvalue weighted by Gasteiger charge is -2.35. The van der Waals surface area contributed by atoms with Gasteiger partial charge in [0.15, 0.2) is 5.82 Å². The molecule has 7 heteroatoms. The number of nitrogens with zero attached hydrogens (tertiary/aromatic N) is 5. The van der Waals surface area contributed by atoms with E-state index in [0.29, 0.717) is 13.1 Å². The van der Waals surface area contributed by atoms with Crippen LogP contribution >= 0.6 is 11.3 Å². The van der Waals surface area contributed by atoms with E-state index in [9.17, 15) is 4.79 Å². The summed E-state index contributed by atoms with van der Waals surface area (Å²) in [5, 5.41) is 8.33. The normalized spacial score (nSPS) is 15.0. The van der Waals surface area contributed by atoms with E-state index in [1.807, 2.05) is 42.2 Å². The number of aromatic nitrogens is 3. The van der Waals surface area contributed by atoms with Crippen LogP contribution in [-0.4, -0.2) is 52.2 Å². The molecule has 0 bridgehead atoms. The molecule has 0 saturated carbocycles. The minimum absolute atomic E-state index is 0.0833.